The first kappa shape index (κ1) is 16.5. The van der Waals surface area contributed by atoms with Gasteiger partial charge in [0.15, 0.2) is 0 Å². The Hall–Kier alpha value is -2.33. The zero-order chi connectivity index (χ0) is 17.1. The minimum absolute atomic E-state index is 0.154. The van der Waals surface area contributed by atoms with Gasteiger partial charge < -0.3 is 4.74 Å². The third-order valence-electron chi connectivity index (χ3n) is 4.04. The van der Waals surface area contributed by atoms with Gasteiger partial charge >= 0.3 is 0 Å². The highest BCUT2D eigenvalue weighted by Gasteiger charge is 2.39. The van der Waals surface area contributed by atoms with Gasteiger partial charge in [0.05, 0.1) is 18.2 Å². The van der Waals surface area contributed by atoms with Crippen LogP contribution in [0.5, 0.6) is 5.75 Å². The molecule has 24 heavy (non-hydrogen) atoms. The quantitative estimate of drug-likeness (QED) is 0.774. The average molecular weight is 344 g/mol. The fourth-order valence-electron chi connectivity index (χ4n) is 2.89. The highest BCUT2D eigenvalue weighted by molar-refractivity contribution is 6.30. The van der Waals surface area contributed by atoms with Gasteiger partial charge in [0.25, 0.3) is 0 Å². The van der Waals surface area contributed by atoms with Crippen molar-refractivity contribution in [3.63, 3.8) is 0 Å². The number of halogens is 1. The number of amides is 2. The Morgan fingerprint density at radius 3 is 2.38 bits per heavy atom. The van der Waals surface area contributed by atoms with Gasteiger partial charge in [-0.1, -0.05) is 23.7 Å². The Kier molecular flexibility index (Phi) is 4.86. The molecule has 1 aliphatic heterocycles. The van der Waals surface area contributed by atoms with Crippen molar-refractivity contribution in [1.82, 2.24) is 0 Å². The van der Waals surface area contributed by atoms with Crippen LogP contribution in [0.2, 0.25) is 5.02 Å². The lowest BCUT2D eigenvalue weighted by Gasteiger charge is -2.15. The summed E-state index contributed by atoms with van der Waals surface area (Å²) in [7, 11) is 0. The van der Waals surface area contributed by atoms with Crippen LogP contribution in [-0.2, 0) is 16.0 Å². The van der Waals surface area contributed by atoms with Crippen molar-refractivity contribution in [2.75, 3.05) is 11.5 Å². The van der Waals surface area contributed by atoms with Gasteiger partial charge in [-0.3, -0.25) is 14.5 Å². The molecule has 2 amide bonds. The molecule has 0 N–H and O–H groups in total. The van der Waals surface area contributed by atoms with Crippen LogP contribution in [0.1, 0.15) is 18.9 Å². The first-order valence-electron chi connectivity index (χ1n) is 7.92. The molecule has 1 fully saturated rings. The zero-order valence-electron chi connectivity index (χ0n) is 13.4. The van der Waals surface area contributed by atoms with E-state index < -0.39 is 0 Å². The molecule has 0 saturated carbocycles. The van der Waals surface area contributed by atoms with E-state index in [1.54, 1.807) is 36.4 Å². The molecule has 4 nitrogen and oxygen atoms in total. The maximum atomic E-state index is 12.6. The summed E-state index contributed by atoms with van der Waals surface area (Å²) in [5, 5.41) is 0.656. The van der Waals surface area contributed by atoms with E-state index in [1.807, 2.05) is 19.1 Å². The lowest BCUT2D eigenvalue weighted by atomic mass is 9.98. The molecule has 1 aliphatic rings. The van der Waals surface area contributed by atoms with E-state index in [-0.39, 0.29) is 24.2 Å². The van der Waals surface area contributed by atoms with Gasteiger partial charge in [-0.2, -0.15) is 0 Å². The number of anilines is 1. The van der Waals surface area contributed by atoms with Gasteiger partial charge in [-0.25, -0.2) is 0 Å². The summed E-state index contributed by atoms with van der Waals surface area (Å²) in [4.78, 5) is 26.2. The van der Waals surface area contributed by atoms with Crippen molar-refractivity contribution in [1.29, 1.82) is 0 Å². The molecule has 0 radical (unpaired) electrons. The van der Waals surface area contributed by atoms with Crippen molar-refractivity contribution >= 4 is 29.1 Å². The van der Waals surface area contributed by atoms with E-state index >= 15 is 0 Å². The van der Waals surface area contributed by atoms with Crippen LogP contribution in [0.3, 0.4) is 0 Å². The van der Waals surface area contributed by atoms with Crippen molar-refractivity contribution in [3.8, 4) is 5.75 Å². The molecule has 0 spiro atoms. The highest BCUT2D eigenvalue weighted by Crippen LogP contribution is 2.30. The minimum Gasteiger partial charge on any atom is -0.494 e. The summed E-state index contributed by atoms with van der Waals surface area (Å²) >= 11 is 5.88. The molecule has 1 heterocycles. The molecule has 0 aromatic heterocycles. The molecule has 2 aromatic carbocycles. The standard InChI is InChI=1S/C19H18ClNO3/c1-2-24-17-9-7-16(8-10-17)21-18(22)12-14(19(21)23)11-13-3-5-15(20)6-4-13/h3-10,14H,2,11-12H2,1H3/t14-/m1/s1. The van der Waals surface area contributed by atoms with Crippen LogP contribution in [0.25, 0.3) is 0 Å². The predicted octanol–water partition coefficient (Wildman–Crippen LogP) is 3.86. The smallest absolute Gasteiger partial charge is 0.237 e. The number of ether oxygens (including phenoxy) is 1. The van der Waals surface area contributed by atoms with Crippen molar-refractivity contribution in [2.24, 2.45) is 5.92 Å². The summed E-state index contributed by atoms with van der Waals surface area (Å²) in [5.41, 5.74) is 1.59. The van der Waals surface area contributed by atoms with Crippen LogP contribution in [0.15, 0.2) is 48.5 Å². The largest absolute Gasteiger partial charge is 0.494 e. The summed E-state index contributed by atoms with van der Waals surface area (Å²) in [6.07, 6.45) is 0.768. The Morgan fingerprint density at radius 1 is 1.08 bits per heavy atom. The summed E-state index contributed by atoms with van der Waals surface area (Å²) < 4.78 is 5.39. The second-order valence-electron chi connectivity index (χ2n) is 5.73. The Morgan fingerprint density at radius 2 is 1.75 bits per heavy atom. The predicted molar refractivity (Wildman–Crippen MR) is 93.4 cm³/mol. The van der Waals surface area contributed by atoms with E-state index in [0.29, 0.717) is 23.7 Å². The van der Waals surface area contributed by atoms with Gasteiger partial charge in [-0.15, -0.1) is 0 Å². The van der Waals surface area contributed by atoms with Gasteiger partial charge in [-0.05, 0) is 55.3 Å². The summed E-state index contributed by atoms with van der Waals surface area (Å²) in [6, 6.07) is 14.4. The number of nitrogens with zero attached hydrogens (tertiary/aromatic N) is 1. The number of carbonyl (C=O) groups excluding carboxylic acids is 2. The number of rotatable bonds is 5. The fourth-order valence-corrected chi connectivity index (χ4v) is 3.01. The van der Waals surface area contributed by atoms with Crippen molar-refractivity contribution in [3.05, 3.63) is 59.1 Å². The van der Waals surface area contributed by atoms with Crippen LogP contribution in [-0.4, -0.2) is 18.4 Å². The monoisotopic (exact) mass is 343 g/mol. The Balaban J connectivity index is 1.74. The van der Waals surface area contributed by atoms with Gasteiger partial charge in [0.1, 0.15) is 5.75 Å². The fraction of sp³-hybridized carbons (Fsp3) is 0.263. The van der Waals surface area contributed by atoms with E-state index in [0.717, 1.165) is 11.3 Å². The van der Waals surface area contributed by atoms with Gasteiger partial charge in [0.2, 0.25) is 11.8 Å². The van der Waals surface area contributed by atoms with Gasteiger partial charge in [0, 0.05) is 11.4 Å². The van der Waals surface area contributed by atoms with E-state index in [1.165, 1.54) is 4.90 Å². The molecule has 124 valence electrons. The minimum atomic E-state index is -0.328. The maximum Gasteiger partial charge on any atom is 0.237 e. The third-order valence-corrected chi connectivity index (χ3v) is 4.29. The van der Waals surface area contributed by atoms with Crippen LogP contribution >= 0.6 is 11.6 Å². The van der Waals surface area contributed by atoms with Crippen LogP contribution < -0.4 is 9.64 Å². The molecule has 3 rings (SSSR count). The topological polar surface area (TPSA) is 46.6 Å². The lowest BCUT2D eigenvalue weighted by molar-refractivity contribution is -0.122. The SMILES string of the molecule is CCOc1ccc(N2C(=O)C[C@@H](Cc3ccc(Cl)cc3)C2=O)cc1. The Bertz CT molecular complexity index is 740. The first-order chi connectivity index (χ1) is 11.6. The molecule has 1 atom stereocenters. The summed E-state index contributed by atoms with van der Waals surface area (Å²) in [6.45, 7) is 2.48. The number of imide groups is 1. The lowest BCUT2D eigenvalue weighted by Crippen LogP contribution is -2.30. The molecular weight excluding hydrogens is 326 g/mol. The zero-order valence-corrected chi connectivity index (χ0v) is 14.1. The second-order valence-corrected chi connectivity index (χ2v) is 6.16. The first-order valence-corrected chi connectivity index (χ1v) is 8.30. The second kappa shape index (κ2) is 7.05. The summed E-state index contributed by atoms with van der Waals surface area (Å²) in [5.74, 6) is 0.0746. The molecule has 0 bridgehead atoms. The molecular formula is C19H18ClNO3. The number of hydrogen-bond donors (Lipinski definition) is 0. The number of carbonyl (C=O) groups is 2. The van der Waals surface area contributed by atoms with Crippen molar-refractivity contribution in [2.45, 2.75) is 19.8 Å². The molecule has 0 unspecified atom stereocenters. The number of benzene rings is 2. The number of hydrogen-bond acceptors (Lipinski definition) is 3. The molecule has 2 aromatic rings. The molecule has 5 heteroatoms. The average Bonchev–Trinajstić information content (AvgIpc) is 2.85. The van der Waals surface area contributed by atoms with Crippen LogP contribution in [0.4, 0.5) is 5.69 Å². The molecule has 0 aliphatic carbocycles. The van der Waals surface area contributed by atoms with Crippen molar-refractivity contribution < 1.29 is 14.3 Å². The van der Waals surface area contributed by atoms with E-state index in [4.69, 9.17) is 16.3 Å². The highest BCUT2D eigenvalue weighted by atomic mass is 35.5. The van der Waals surface area contributed by atoms with Crippen LogP contribution in [0, 0.1) is 5.92 Å². The third kappa shape index (κ3) is 3.44. The maximum absolute atomic E-state index is 12.6. The molecule has 1 saturated heterocycles. The normalized spacial score (nSPS) is 17.4. The van der Waals surface area contributed by atoms with E-state index in [2.05, 4.69) is 0 Å². The van der Waals surface area contributed by atoms with E-state index in [9.17, 15) is 9.59 Å². The Labute approximate surface area is 146 Å².